The minimum atomic E-state index is -0.375. The Bertz CT molecular complexity index is 1100. The molecule has 2 aromatic rings. The molecule has 2 aliphatic rings. The number of primary amides is 1. The molecule has 1 aromatic carbocycles. The number of hydrogen-bond acceptors (Lipinski definition) is 7. The summed E-state index contributed by atoms with van der Waals surface area (Å²) in [5, 5.41) is 8.97. The van der Waals surface area contributed by atoms with Gasteiger partial charge in [0.1, 0.15) is 5.82 Å². The summed E-state index contributed by atoms with van der Waals surface area (Å²) in [5.41, 5.74) is 8.41. The number of ether oxygens (including phenoxy) is 1. The lowest BCUT2D eigenvalue weighted by atomic mass is 9.83. The summed E-state index contributed by atoms with van der Waals surface area (Å²) in [6, 6.07) is 8.26. The van der Waals surface area contributed by atoms with Crippen LogP contribution < -0.4 is 10.6 Å². The number of allylic oxidation sites excluding steroid dienone is 2. The van der Waals surface area contributed by atoms with Crippen LogP contribution in [0.5, 0.6) is 0 Å². The first-order valence-electron chi connectivity index (χ1n) is 11.8. The molecule has 182 valence electrons. The molecule has 0 spiro atoms. The molecule has 2 N–H and O–H groups in total. The molecule has 2 aliphatic heterocycles. The van der Waals surface area contributed by atoms with Gasteiger partial charge in [0, 0.05) is 49.4 Å². The number of rotatable bonds is 9. The molecule has 34 heavy (non-hydrogen) atoms. The number of anilines is 1. The van der Waals surface area contributed by atoms with E-state index >= 15 is 0 Å². The van der Waals surface area contributed by atoms with Crippen LogP contribution in [0.3, 0.4) is 0 Å². The van der Waals surface area contributed by atoms with Gasteiger partial charge in [0.15, 0.2) is 10.9 Å². The number of likely N-dealkylation sites (N-methyl/N-ethyl adjacent to an activating group) is 1. The van der Waals surface area contributed by atoms with Crippen molar-refractivity contribution in [3.8, 4) is 0 Å². The van der Waals surface area contributed by atoms with Gasteiger partial charge in [-0.1, -0.05) is 43.8 Å². The van der Waals surface area contributed by atoms with Crippen LogP contribution in [0.1, 0.15) is 51.4 Å². The van der Waals surface area contributed by atoms with E-state index < -0.39 is 0 Å². The number of para-hydroxylation sites is 1. The molecule has 1 fully saturated rings. The number of ketones is 1. The third kappa shape index (κ3) is 4.90. The van der Waals surface area contributed by atoms with E-state index in [2.05, 4.69) is 41.1 Å². The summed E-state index contributed by atoms with van der Waals surface area (Å²) >= 11 is 1.39. The van der Waals surface area contributed by atoms with Crippen LogP contribution in [0.15, 0.2) is 41.2 Å². The summed E-state index contributed by atoms with van der Waals surface area (Å²) in [4.78, 5) is 26.7. The van der Waals surface area contributed by atoms with Crippen molar-refractivity contribution in [1.29, 1.82) is 0 Å². The van der Waals surface area contributed by atoms with Crippen molar-refractivity contribution in [2.75, 3.05) is 18.6 Å². The molecule has 0 aliphatic carbocycles. The molecule has 4 rings (SSSR count). The lowest BCUT2D eigenvalue weighted by Gasteiger charge is -2.24. The number of fused-ring (bicyclic) bond motifs is 1. The third-order valence-corrected chi connectivity index (χ3v) is 7.80. The average Bonchev–Trinajstić information content (AvgIpc) is 3.49. The summed E-state index contributed by atoms with van der Waals surface area (Å²) in [7, 11) is 2.01. The van der Waals surface area contributed by atoms with Crippen molar-refractivity contribution in [3.05, 3.63) is 47.4 Å². The van der Waals surface area contributed by atoms with E-state index in [0.717, 1.165) is 30.8 Å². The Kier molecular flexibility index (Phi) is 7.14. The third-order valence-electron chi connectivity index (χ3n) is 6.70. The zero-order valence-corrected chi connectivity index (χ0v) is 21.1. The van der Waals surface area contributed by atoms with Gasteiger partial charge in [-0.15, -0.1) is 10.2 Å². The van der Waals surface area contributed by atoms with Crippen LogP contribution in [0.4, 0.5) is 5.69 Å². The zero-order chi connectivity index (χ0) is 24.5. The molecule has 2 atom stereocenters. The highest BCUT2D eigenvalue weighted by Crippen LogP contribution is 2.46. The lowest BCUT2D eigenvalue weighted by molar-refractivity contribution is -0.118. The molecule has 3 heterocycles. The van der Waals surface area contributed by atoms with Crippen LogP contribution >= 0.6 is 11.8 Å². The first-order chi connectivity index (χ1) is 16.2. The fourth-order valence-corrected chi connectivity index (χ4v) is 5.62. The molecule has 0 radical (unpaired) electrons. The van der Waals surface area contributed by atoms with Gasteiger partial charge in [0.25, 0.3) is 0 Å². The van der Waals surface area contributed by atoms with Crippen LogP contribution in [0, 0.1) is 0 Å². The number of carbonyl (C=O) groups is 2. The number of hydrogen-bond donors (Lipinski definition) is 1. The highest BCUT2D eigenvalue weighted by atomic mass is 32.2. The van der Waals surface area contributed by atoms with Crippen LogP contribution in [-0.2, 0) is 32.7 Å². The van der Waals surface area contributed by atoms with Crippen molar-refractivity contribution in [2.45, 2.75) is 74.9 Å². The Balaban J connectivity index is 1.53. The Morgan fingerprint density at radius 1 is 1.32 bits per heavy atom. The second kappa shape index (κ2) is 9.92. The van der Waals surface area contributed by atoms with Gasteiger partial charge in [-0.05, 0) is 31.4 Å². The number of carbonyl (C=O) groups excluding carboxylic acids is 2. The van der Waals surface area contributed by atoms with Gasteiger partial charge >= 0.3 is 0 Å². The van der Waals surface area contributed by atoms with Gasteiger partial charge in [-0.25, -0.2) is 0 Å². The van der Waals surface area contributed by atoms with Crippen molar-refractivity contribution in [1.82, 2.24) is 14.8 Å². The number of aryl methyl sites for hydroxylation is 1. The number of nitrogens with two attached hydrogens (primary N) is 1. The van der Waals surface area contributed by atoms with E-state index in [1.165, 1.54) is 17.3 Å². The number of amides is 1. The normalized spacial score (nSPS) is 21.1. The van der Waals surface area contributed by atoms with Gasteiger partial charge in [0.2, 0.25) is 5.91 Å². The smallest absolute Gasteiger partial charge is 0.217 e. The second-order valence-corrected chi connectivity index (χ2v) is 10.8. The maximum Gasteiger partial charge on any atom is 0.217 e. The molecule has 0 unspecified atom stereocenters. The quantitative estimate of drug-likeness (QED) is 0.431. The highest BCUT2D eigenvalue weighted by Gasteiger charge is 2.39. The fourth-order valence-electron chi connectivity index (χ4n) is 4.73. The molecule has 0 saturated carbocycles. The second-order valence-electron chi connectivity index (χ2n) is 9.50. The standard InChI is InChI=1S/C25H33N5O3S/c1-16(20(31)14-21-25(2,3)18-9-5-6-10-19(18)29(21)4)34-24-28-27-23(12-11-22(26)32)30(24)15-17-8-7-13-33-17/h5-6,9-10,14,16-17H,7-8,11-13,15H2,1-4H3,(H2,26,32)/b21-14+/t16-,17+/m0/s1. The van der Waals surface area contributed by atoms with Gasteiger partial charge in [0.05, 0.1) is 17.9 Å². The summed E-state index contributed by atoms with van der Waals surface area (Å²) in [6.45, 7) is 7.55. The van der Waals surface area contributed by atoms with E-state index in [4.69, 9.17) is 10.5 Å². The van der Waals surface area contributed by atoms with Crippen molar-refractivity contribution in [3.63, 3.8) is 0 Å². The van der Waals surface area contributed by atoms with Crippen molar-refractivity contribution in [2.24, 2.45) is 5.73 Å². The molecule has 1 saturated heterocycles. The monoisotopic (exact) mass is 483 g/mol. The number of thioether (sulfide) groups is 1. The summed E-state index contributed by atoms with van der Waals surface area (Å²) < 4.78 is 7.80. The van der Waals surface area contributed by atoms with Crippen molar-refractivity contribution >= 4 is 29.1 Å². The average molecular weight is 484 g/mol. The Hall–Kier alpha value is -2.65. The molecule has 0 bridgehead atoms. The predicted molar refractivity (Wildman–Crippen MR) is 133 cm³/mol. The lowest BCUT2D eigenvalue weighted by Crippen LogP contribution is -2.25. The number of aromatic nitrogens is 3. The van der Waals surface area contributed by atoms with E-state index in [9.17, 15) is 9.59 Å². The maximum atomic E-state index is 13.3. The topological polar surface area (TPSA) is 103 Å². The molecule has 1 aromatic heterocycles. The van der Waals surface area contributed by atoms with Crippen molar-refractivity contribution < 1.29 is 14.3 Å². The Morgan fingerprint density at radius 3 is 2.76 bits per heavy atom. The highest BCUT2D eigenvalue weighted by molar-refractivity contribution is 8.00. The fraction of sp³-hybridized carbons (Fsp3) is 0.520. The first-order valence-corrected chi connectivity index (χ1v) is 12.6. The zero-order valence-electron chi connectivity index (χ0n) is 20.3. The molecule has 8 nitrogen and oxygen atoms in total. The minimum absolute atomic E-state index is 0.0260. The predicted octanol–water partition coefficient (Wildman–Crippen LogP) is 3.24. The summed E-state index contributed by atoms with van der Waals surface area (Å²) in [6.07, 6.45) is 4.48. The van der Waals surface area contributed by atoms with Crippen LogP contribution in [0.2, 0.25) is 0 Å². The SMILES string of the molecule is C[C@H](Sc1nnc(CCC(N)=O)n1C[C@H]1CCCO1)C(=O)/C=C1/N(C)c2ccccc2C1(C)C. The van der Waals surface area contributed by atoms with Gasteiger partial charge in [-0.3, -0.25) is 9.59 Å². The first kappa shape index (κ1) is 24.5. The van der Waals surface area contributed by atoms with E-state index in [0.29, 0.717) is 23.9 Å². The Morgan fingerprint density at radius 2 is 2.09 bits per heavy atom. The number of benzene rings is 1. The largest absolute Gasteiger partial charge is 0.376 e. The molecular formula is C25H33N5O3S. The van der Waals surface area contributed by atoms with E-state index in [-0.39, 0.29) is 34.9 Å². The molecule has 1 amide bonds. The van der Waals surface area contributed by atoms with Crippen LogP contribution in [-0.4, -0.2) is 51.5 Å². The summed E-state index contributed by atoms with van der Waals surface area (Å²) in [5.74, 6) is 0.348. The maximum absolute atomic E-state index is 13.3. The van der Waals surface area contributed by atoms with E-state index in [1.807, 2.05) is 30.7 Å². The minimum Gasteiger partial charge on any atom is -0.376 e. The Labute approximate surface area is 204 Å². The van der Waals surface area contributed by atoms with Gasteiger partial charge in [-0.2, -0.15) is 0 Å². The van der Waals surface area contributed by atoms with E-state index in [1.54, 1.807) is 6.08 Å². The molecule has 9 heteroatoms. The van der Waals surface area contributed by atoms with Gasteiger partial charge < -0.3 is 19.9 Å². The van der Waals surface area contributed by atoms with Crippen LogP contribution in [0.25, 0.3) is 0 Å². The number of nitrogens with zero attached hydrogens (tertiary/aromatic N) is 4. The molecular weight excluding hydrogens is 450 g/mol.